The van der Waals surface area contributed by atoms with E-state index in [1.165, 1.54) is 5.39 Å². The topological polar surface area (TPSA) is 58.9 Å². The summed E-state index contributed by atoms with van der Waals surface area (Å²) in [5, 5.41) is 12.5. The molecule has 0 saturated carbocycles. The number of aromatic amines is 1. The minimum atomic E-state index is -0.566. The molecule has 0 unspecified atom stereocenters. The summed E-state index contributed by atoms with van der Waals surface area (Å²) in [5.41, 5.74) is 4.32. The van der Waals surface area contributed by atoms with E-state index >= 15 is 0 Å². The number of nitrogens with zero attached hydrogens (tertiary/aromatic N) is 1. The minimum Gasteiger partial charge on any atom is -0.361 e. The zero-order valence-electron chi connectivity index (χ0n) is 11.0. The quantitative estimate of drug-likeness (QED) is 0.508. The van der Waals surface area contributed by atoms with E-state index in [1.54, 1.807) is 0 Å². The Balaban J connectivity index is 2.25. The SMILES string of the molecule is CC(C)=C[C@H]1c2cccc3[nH]cc(c23)C[C@@H]1[N+](=O)[O-]. The smallest absolute Gasteiger partial charge is 0.227 e. The van der Waals surface area contributed by atoms with E-state index in [2.05, 4.69) is 4.98 Å². The predicted molar refractivity (Wildman–Crippen MR) is 75.0 cm³/mol. The highest BCUT2D eigenvalue weighted by Crippen LogP contribution is 2.39. The summed E-state index contributed by atoms with van der Waals surface area (Å²) in [4.78, 5) is 14.4. The minimum absolute atomic E-state index is 0.132. The van der Waals surface area contributed by atoms with Crippen LogP contribution in [0.25, 0.3) is 10.9 Å². The van der Waals surface area contributed by atoms with Crippen LogP contribution < -0.4 is 0 Å². The standard InChI is InChI=1S/C15H16N2O2/c1-9(2)6-12-11-4-3-5-13-15(11)10(8-16-13)7-14(12)17(18)19/h3-6,8,12,14,16H,7H2,1-2H3/t12-,14-/m0/s1. The van der Waals surface area contributed by atoms with Crippen molar-refractivity contribution in [3.8, 4) is 0 Å². The average Bonchev–Trinajstić information content (AvgIpc) is 2.76. The summed E-state index contributed by atoms with van der Waals surface area (Å²) < 4.78 is 0. The third kappa shape index (κ3) is 1.84. The molecule has 0 amide bonds. The van der Waals surface area contributed by atoms with Crippen molar-refractivity contribution in [3.63, 3.8) is 0 Å². The van der Waals surface area contributed by atoms with Crippen molar-refractivity contribution in [3.05, 3.63) is 57.3 Å². The molecule has 3 rings (SSSR count). The van der Waals surface area contributed by atoms with Crippen molar-refractivity contribution in [1.82, 2.24) is 4.98 Å². The Hall–Kier alpha value is -2.10. The van der Waals surface area contributed by atoms with E-state index in [0.29, 0.717) is 6.42 Å². The Bertz CT molecular complexity index is 681. The highest BCUT2D eigenvalue weighted by molar-refractivity contribution is 5.88. The lowest BCUT2D eigenvalue weighted by atomic mass is 9.79. The van der Waals surface area contributed by atoms with Gasteiger partial charge in [-0.25, -0.2) is 0 Å². The highest BCUT2D eigenvalue weighted by Gasteiger charge is 2.37. The van der Waals surface area contributed by atoms with Gasteiger partial charge in [-0.05, 0) is 31.0 Å². The fourth-order valence-electron chi connectivity index (χ4n) is 3.05. The van der Waals surface area contributed by atoms with Gasteiger partial charge in [0.2, 0.25) is 6.04 Å². The van der Waals surface area contributed by atoms with E-state index in [-0.39, 0.29) is 10.8 Å². The van der Waals surface area contributed by atoms with Gasteiger partial charge < -0.3 is 4.98 Å². The summed E-state index contributed by atoms with van der Waals surface area (Å²) in [7, 11) is 0. The molecule has 1 heterocycles. The molecule has 0 aliphatic heterocycles. The Labute approximate surface area is 111 Å². The molecule has 0 spiro atoms. The van der Waals surface area contributed by atoms with E-state index in [9.17, 15) is 10.1 Å². The van der Waals surface area contributed by atoms with Crippen LogP contribution in [0, 0.1) is 10.1 Å². The molecule has 0 fully saturated rings. The first-order valence-corrected chi connectivity index (χ1v) is 6.45. The Morgan fingerprint density at radius 1 is 1.47 bits per heavy atom. The summed E-state index contributed by atoms with van der Waals surface area (Å²) in [6.07, 6.45) is 4.43. The molecule has 4 nitrogen and oxygen atoms in total. The number of hydrogen-bond acceptors (Lipinski definition) is 2. The third-order valence-electron chi connectivity index (χ3n) is 3.81. The Morgan fingerprint density at radius 2 is 2.26 bits per heavy atom. The van der Waals surface area contributed by atoms with Crippen molar-refractivity contribution in [2.75, 3.05) is 0 Å². The maximum absolute atomic E-state index is 11.4. The molecular weight excluding hydrogens is 240 g/mol. The zero-order chi connectivity index (χ0) is 13.6. The number of H-pyrrole nitrogens is 1. The molecule has 98 valence electrons. The molecule has 0 radical (unpaired) electrons. The van der Waals surface area contributed by atoms with Gasteiger partial charge in [0.15, 0.2) is 0 Å². The highest BCUT2D eigenvalue weighted by atomic mass is 16.6. The first kappa shape index (κ1) is 12.0. The fraction of sp³-hybridized carbons (Fsp3) is 0.333. The van der Waals surface area contributed by atoms with Crippen LogP contribution in [0.4, 0.5) is 0 Å². The van der Waals surface area contributed by atoms with Crippen LogP contribution in [-0.4, -0.2) is 15.9 Å². The molecule has 1 aromatic carbocycles. The second kappa shape index (κ2) is 4.23. The fourth-order valence-corrected chi connectivity index (χ4v) is 3.05. The summed E-state index contributed by atoms with van der Waals surface area (Å²) in [5.74, 6) is -0.132. The molecule has 19 heavy (non-hydrogen) atoms. The van der Waals surface area contributed by atoms with Crippen LogP contribution in [-0.2, 0) is 6.42 Å². The first-order valence-electron chi connectivity index (χ1n) is 6.45. The van der Waals surface area contributed by atoms with Gasteiger partial charge in [-0.2, -0.15) is 0 Å². The normalized spacial score (nSPS) is 21.4. The number of rotatable bonds is 2. The lowest BCUT2D eigenvalue weighted by molar-refractivity contribution is -0.524. The molecule has 1 aliphatic rings. The third-order valence-corrected chi connectivity index (χ3v) is 3.81. The molecule has 2 atom stereocenters. The summed E-state index contributed by atoms with van der Waals surface area (Å²) >= 11 is 0. The second-order valence-corrected chi connectivity index (χ2v) is 5.41. The van der Waals surface area contributed by atoms with Crippen LogP contribution in [0.1, 0.15) is 30.9 Å². The number of benzene rings is 1. The van der Waals surface area contributed by atoms with Gasteiger partial charge in [0.1, 0.15) is 0 Å². The summed E-state index contributed by atoms with van der Waals surface area (Å²) in [6.45, 7) is 3.98. The molecule has 2 aromatic rings. The lowest BCUT2D eigenvalue weighted by Gasteiger charge is -2.24. The van der Waals surface area contributed by atoms with E-state index in [4.69, 9.17) is 0 Å². The van der Waals surface area contributed by atoms with Crippen molar-refractivity contribution in [2.24, 2.45) is 0 Å². The van der Waals surface area contributed by atoms with Crippen LogP contribution >= 0.6 is 0 Å². The van der Waals surface area contributed by atoms with Crippen LogP contribution in [0.5, 0.6) is 0 Å². The molecule has 1 aliphatic carbocycles. The second-order valence-electron chi connectivity index (χ2n) is 5.41. The maximum atomic E-state index is 11.4. The molecule has 4 heteroatoms. The number of aromatic nitrogens is 1. The van der Waals surface area contributed by atoms with E-state index in [0.717, 1.165) is 22.2 Å². The van der Waals surface area contributed by atoms with Crippen molar-refractivity contribution in [1.29, 1.82) is 0 Å². The number of allylic oxidation sites excluding steroid dienone is 1. The van der Waals surface area contributed by atoms with Crippen molar-refractivity contribution < 1.29 is 4.92 Å². The van der Waals surface area contributed by atoms with Crippen LogP contribution in [0.2, 0.25) is 0 Å². The number of nitrogens with one attached hydrogen (secondary N) is 1. The first-order chi connectivity index (χ1) is 9.08. The lowest BCUT2D eigenvalue weighted by Crippen LogP contribution is -2.31. The van der Waals surface area contributed by atoms with Crippen LogP contribution in [0.15, 0.2) is 36.0 Å². The largest absolute Gasteiger partial charge is 0.361 e. The molecular formula is C15H16N2O2. The number of hydrogen-bond donors (Lipinski definition) is 1. The van der Waals surface area contributed by atoms with E-state index in [1.807, 2.05) is 44.3 Å². The van der Waals surface area contributed by atoms with Gasteiger partial charge in [-0.15, -0.1) is 0 Å². The van der Waals surface area contributed by atoms with Gasteiger partial charge >= 0.3 is 0 Å². The van der Waals surface area contributed by atoms with Crippen molar-refractivity contribution >= 4 is 10.9 Å². The average molecular weight is 256 g/mol. The molecule has 0 saturated heterocycles. The molecule has 1 N–H and O–H groups in total. The Morgan fingerprint density at radius 3 is 2.95 bits per heavy atom. The number of nitro groups is 1. The Kier molecular flexibility index (Phi) is 2.66. The van der Waals surface area contributed by atoms with Gasteiger partial charge in [0.05, 0.1) is 5.92 Å². The zero-order valence-corrected chi connectivity index (χ0v) is 11.0. The van der Waals surface area contributed by atoms with Gasteiger partial charge in [-0.3, -0.25) is 10.1 Å². The van der Waals surface area contributed by atoms with Crippen LogP contribution in [0.3, 0.4) is 0 Å². The van der Waals surface area contributed by atoms with Gasteiger partial charge in [-0.1, -0.05) is 23.8 Å². The van der Waals surface area contributed by atoms with Gasteiger partial charge in [0.25, 0.3) is 0 Å². The maximum Gasteiger partial charge on any atom is 0.227 e. The summed E-state index contributed by atoms with van der Waals surface area (Å²) in [6, 6.07) is 5.43. The van der Waals surface area contributed by atoms with Gasteiger partial charge in [0, 0.05) is 28.4 Å². The molecule has 1 aromatic heterocycles. The van der Waals surface area contributed by atoms with Crippen molar-refractivity contribution in [2.45, 2.75) is 32.2 Å². The monoisotopic (exact) mass is 256 g/mol. The van der Waals surface area contributed by atoms with E-state index < -0.39 is 6.04 Å². The predicted octanol–water partition coefficient (Wildman–Crippen LogP) is 3.42. The molecule has 0 bridgehead atoms.